The van der Waals surface area contributed by atoms with Gasteiger partial charge in [0.15, 0.2) is 0 Å². The van der Waals surface area contributed by atoms with Crippen LogP contribution in [-0.2, 0) is 18.4 Å². The molecule has 1 heterocycles. The molecule has 0 aliphatic heterocycles. The minimum atomic E-state index is 0. The number of nitrogens with zero attached hydrogens (tertiary/aromatic N) is 2. The highest BCUT2D eigenvalue weighted by Crippen LogP contribution is 2.26. The quantitative estimate of drug-likeness (QED) is 0.491. The summed E-state index contributed by atoms with van der Waals surface area (Å²) in [6.07, 6.45) is 9.40. The first-order valence-electron chi connectivity index (χ1n) is 8.03. The lowest BCUT2D eigenvalue weighted by Gasteiger charge is -2.41. The van der Waals surface area contributed by atoms with Crippen molar-refractivity contribution in [3.8, 4) is 0 Å². The van der Waals surface area contributed by atoms with Crippen LogP contribution in [0.4, 0.5) is 0 Å². The molecule has 0 radical (unpaired) electrons. The van der Waals surface area contributed by atoms with Crippen molar-refractivity contribution >= 4 is 0 Å². The van der Waals surface area contributed by atoms with Crippen LogP contribution in [0.1, 0.15) is 44.7 Å². The molecule has 0 bridgehead atoms. The molecule has 1 fully saturated rings. The molecule has 1 saturated carbocycles. The van der Waals surface area contributed by atoms with E-state index in [0.717, 1.165) is 23.7 Å². The largest absolute Gasteiger partial charge is 1.00 e. The molecular formula is C17H31IN2O. The predicted octanol–water partition coefficient (Wildman–Crippen LogP) is 0.343. The van der Waals surface area contributed by atoms with Crippen molar-refractivity contribution in [2.75, 3.05) is 20.6 Å². The molecule has 1 aliphatic rings. The highest BCUT2D eigenvalue weighted by atomic mass is 127. The molecule has 1 aromatic rings. The molecule has 1 atom stereocenters. The van der Waals surface area contributed by atoms with Crippen molar-refractivity contribution in [1.82, 2.24) is 4.57 Å². The summed E-state index contributed by atoms with van der Waals surface area (Å²) in [7, 11) is 6.82. The van der Waals surface area contributed by atoms with Crippen LogP contribution in [0.3, 0.4) is 0 Å². The number of hydrogen-bond acceptors (Lipinski definition) is 1. The molecule has 0 amide bonds. The first-order valence-corrected chi connectivity index (χ1v) is 8.03. The summed E-state index contributed by atoms with van der Waals surface area (Å²) < 4.78 is 9.30. The lowest BCUT2D eigenvalue weighted by Crippen LogP contribution is -3.00. The molecule has 0 aromatic carbocycles. The second kappa shape index (κ2) is 8.53. The van der Waals surface area contributed by atoms with Crippen molar-refractivity contribution in [2.24, 2.45) is 7.05 Å². The number of rotatable bonds is 6. The summed E-state index contributed by atoms with van der Waals surface area (Å²) in [5.74, 6) is 0. The Bertz CT molecular complexity index is 411. The number of likely N-dealkylation sites (N-methyl/N-ethyl adjacent to an activating group) is 1. The van der Waals surface area contributed by atoms with E-state index in [9.17, 15) is 0 Å². The van der Waals surface area contributed by atoms with Crippen LogP contribution in [0.2, 0.25) is 0 Å². The van der Waals surface area contributed by atoms with E-state index in [1.807, 2.05) is 0 Å². The lowest BCUT2D eigenvalue weighted by atomic mass is 9.93. The van der Waals surface area contributed by atoms with Crippen LogP contribution >= 0.6 is 0 Å². The monoisotopic (exact) mass is 406 g/mol. The lowest BCUT2D eigenvalue weighted by molar-refractivity contribution is -0.919. The van der Waals surface area contributed by atoms with E-state index in [1.165, 1.54) is 37.8 Å². The van der Waals surface area contributed by atoms with Crippen LogP contribution < -0.4 is 24.0 Å². The Kier molecular flexibility index (Phi) is 7.71. The number of aromatic nitrogens is 1. The Morgan fingerprint density at radius 3 is 2.52 bits per heavy atom. The van der Waals surface area contributed by atoms with E-state index in [0.29, 0.717) is 6.10 Å². The Morgan fingerprint density at radius 1 is 1.29 bits per heavy atom. The van der Waals surface area contributed by atoms with Crippen molar-refractivity contribution in [3.63, 3.8) is 0 Å². The van der Waals surface area contributed by atoms with Gasteiger partial charge in [-0.2, -0.15) is 0 Å². The fraction of sp³-hybridized carbons (Fsp3) is 0.765. The SMILES string of the molecule is CC(C[N+](C)(C)C1CCCCC1)OCc1cccn1C.[I-]. The maximum absolute atomic E-state index is 6.06. The van der Waals surface area contributed by atoms with Gasteiger partial charge in [-0.25, -0.2) is 0 Å². The average molecular weight is 406 g/mol. The highest BCUT2D eigenvalue weighted by Gasteiger charge is 2.31. The van der Waals surface area contributed by atoms with Gasteiger partial charge >= 0.3 is 0 Å². The minimum Gasteiger partial charge on any atom is -1.00 e. The van der Waals surface area contributed by atoms with Crippen LogP contribution in [0, 0.1) is 0 Å². The van der Waals surface area contributed by atoms with Crippen LogP contribution in [0.5, 0.6) is 0 Å². The summed E-state index contributed by atoms with van der Waals surface area (Å²) in [5, 5.41) is 0. The van der Waals surface area contributed by atoms with E-state index in [4.69, 9.17) is 4.74 Å². The topological polar surface area (TPSA) is 14.2 Å². The first-order chi connectivity index (χ1) is 9.49. The summed E-state index contributed by atoms with van der Waals surface area (Å²) in [4.78, 5) is 0. The summed E-state index contributed by atoms with van der Waals surface area (Å²) in [5.41, 5.74) is 1.25. The number of halogens is 1. The van der Waals surface area contributed by atoms with Gasteiger partial charge in [0.05, 0.1) is 26.7 Å². The summed E-state index contributed by atoms with van der Waals surface area (Å²) in [6.45, 7) is 4.04. The Labute approximate surface area is 147 Å². The number of aryl methyl sites for hydroxylation is 1. The third kappa shape index (κ3) is 5.57. The minimum absolute atomic E-state index is 0. The predicted molar refractivity (Wildman–Crippen MR) is 83.5 cm³/mol. The fourth-order valence-electron chi connectivity index (χ4n) is 3.52. The van der Waals surface area contributed by atoms with E-state index >= 15 is 0 Å². The molecule has 122 valence electrons. The third-order valence-electron chi connectivity index (χ3n) is 4.86. The van der Waals surface area contributed by atoms with Gasteiger partial charge < -0.3 is 37.8 Å². The Hall–Kier alpha value is -0.0700. The number of ether oxygens (including phenoxy) is 1. The summed E-state index contributed by atoms with van der Waals surface area (Å²) in [6, 6.07) is 5.03. The van der Waals surface area contributed by atoms with E-state index in [2.05, 4.69) is 51.0 Å². The van der Waals surface area contributed by atoms with Crippen molar-refractivity contribution in [3.05, 3.63) is 24.0 Å². The van der Waals surface area contributed by atoms with Gasteiger partial charge in [-0.3, -0.25) is 0 Å². The molecule has 0 N–H and O–H groups in total. The molecule has 2 rings (SSSR count). The van der Waals surface area contributed by atoms with Crippen molar-refractivity contribution < 1.29 is 33.2 Å². The standard InChI is InChI=1S/C17H31N2O.HI/c1-15(20-14-16-9-8-12-18(16)2)13-19(3,4)17-10-6-5-7-11-17;/h8-9,12,15,17H,5-7,10-11,13-14H2,1-4H3;1H/q+1;/p-1. The van der Waals surface area contributed by atoms with E-state index in [1.54, 1.807) is 0 Å². The van der Waals surface area contributed by atoms with Gasteiger partial charge in [0.1, 0.15) is 12.6 Å². The van der Waals surface area contributed by atoms with E-state index < -0.39 is 0 Å². The Balaban J connectivity index is 0.00000220. The van der Waals surface area contributed by atoms with E-state index in [-0.39, 0.29) is 24.0 Å². The zero-order chi connectivity index (χ0) is 14.6. The maximum Gasteiger partial charge on any atom is 0.105 e. The second-order valence-electron chi connectivity index (χ2n) is 6.99. The van der Waals surface area contributed by atoms with Gasteiger partial charge in [0.2, 0.25) is 0 Å². The average Bonchev–Trinajstić information content (AvgIpc) is 2.82. The van der Waals surface area contributed by atoms with Crippen LogP contribution in [0.15, 0.2) is 18.3 Å². The van der Waals surface area contributed by atoms with Gasteiger partial charge in [-0.05, 0) is 44.7 Å². The zero-order valence-corrected chi connectivity index (χ0v) is 16.2. The summed E-state index contributed by atoms with van der Waals surface area (Å²) >= 11 is 0. The molecule has 1 aliphatic carbocycles. The van der Waals surface area contributed by atoms with Crippen molar-refractivity contribution in [1.29, 1.82) is 0 Å². The first kappa shape index (κ1) is 19.0. The molecule has 3 nitrogen and oxygen atoms in total. The highest BCUT2D eigenvalue weighted by molar-refractivity contribution is 5.04. The fourth-order valence-corrected chi connectivity index (χ4v) is 3.52. The normalized spacial score (nSPS) is 18.3. The number of hydrogen-bond donors (Lipinski definition) is 0. The molecule has 21 heavy (non-hydrogen) atoms. The molecule has 0 saturated heterocycles. The zero-order valence-electron chi connectivity index (χ0n) is 14.0. The van der Waals surface area contributed by atoms with Gasteiger partial charge in [0.25, 0.3) is 0 Å². The smallest absolute Gasteiger partial charge is 0.105 e. The van der Waals surface area contributed by atoms with Crippen LogP contribution in [-0.4, -0.2) is 41.8 Å². The molecule has 1 unspecified atom stereocenters. The van der Waals surface area contributed by atoms with Gasteiger partial charge in [0, 0.05) is 18.9 Å². The molecule has 1 aromatic heterocycles. The maximum atomic E-state index is 6.06. The van der Waals surface area contributed by atoms with Gasteiger partial charge in [-0.1, -0.05) is 6.42 Å². The molecule has 0 spiro atoms. The second-order valence-corrected chi connectivity index (χ2v) is 6.99. The molecule has 4 heteroatoms. The van der Waals surface area contributed by atoms with Crippen LogP contribution in [0.25, 0.3) is 0 Å². The third-order valence-corrected chi connectivity index (χ3v) is 4.86. The molecular weight excluding hydrogens is 375 g/mol. The van der Waals surface area contributed by atoms with Crippen molar-refractivity contribution in [2.45, 2.75) is 57.8 Å². The number of quaternary nitrogens is 1. The Morgan fingerprint density at radius 2 is 1.95 bits per heavy atom. The van der Waals surface area contributed by atoms with Gasteiger partial charge in [-0.15, -0.1) is 0 Å².